The van der Waals surface area contributed by atoms with E-state index in [1.165, 1.54) is 21.0 Å². The van der Waals surface area contributed by atoms with Crippen LogP contribution in [0.15, 0.2) is 5.28 Å². The lowest BCUT2D eigenvalue weighted by molar-refractivity contribution is -0.700. The first-order chi connectivity index (χ1) is 9.25. The van der Waals surface area contributed by atoms with Gasteiger partial charge in [-0.05, 0) is 16.8 Å². The van der Waals surface area contributed by atoms with Gasteiger partial charge in [0.05, 0.1) is 19.1 Å². The molecule has 0 unspecified atom stereocenters. The van der Waals surface area contributed by atoms with E-state index in [9.17, 15) is 25.4 Å². The van der Waals surface area contributed by atoms with Gasteiger partial charge < -0.3 is 25.4 Å². The molecule has 1 rings (SSSR count). The highest BCUT2D eigenvalue weighted by atomic mass is 16.7. The summed E-state index contributed by atoms with van der Waals surface area (Å²) in [6, 6.07) is 0. The molecule has 0 bridgehead atoms. The SMILES string of the molecule is Cc1c([N+](=O)[O-])nn(CON=[N+]([O-])N(C)C)c1[N+](=O)[O-]. The van der Waals surface area contributed by atoms with E-state index in [4.69, 9.17) is 0 Å². The highest BCUT2D eigenvalue weighted by Gasteiger charge is 2.34. The maximum absolute atomic E-state index is 11.0. The minimum absolute atomic E-state index is 0.0800. The van der Waals surface area contributed by atoms with Crippen molar-refractivity contribution in [1.82, 2.24) is 14.8 Å². The van der Waals surface area contributed by atoms with Crippen molar-refractivity contribution >= 4 is 11.6 Å². The summed E-state index contributed by atoms with van der Waals surface area (Å²) in [6.45, 7) is 0.578. The molecule has 0 aliphatic rings. The van der Waals surface area contributed by atoms with Crippen molar-refractivity contribution in [2.75, 3.05) is 14.1 Å². The average molecular weight is 289 g/mol. The lowest BCUT2D eigenvalue weighted by atomic mass is 10.3. The number of hydrogen-bond acceptors (Lipinski definition) is 8. The molecule has 0 fully saturated rings. The Hall–Kier alpha value is -2.99. The molecule has 0 amide bonds. The number of nitrogens with zero attached hydrogens (tertiary/aromatic N) is 7. The van der Waals surface area contributed by atoms with Crippen molar-refractivity contribution in [3.05, 3.63) is 31.0 Å². The van der Waals surface area contributed by atoms with Crippen LogP contribution in [0.2, 0.25) is 0 Å². The molecule has 110 valence electrons. The molecule has 1 aromatic rings. The predicted molar refractivity (Wildman–Crippen MR) is 61.1 cm³/mol. The Morgan fingerprint density at radius 3 is 2.35 bits per heavy atom. The first kappa shape index (κ1) is 15.1. The van der Waals surface area contributed by atoms with Crippen molar-refractivity contribution in [1.29, 1.82) is 0 Å². The molecule has 0 saturated heterocycles. The van der Waals surface area contributed by atoms with Gasteiger partial charge in [0.25, 0.3) is 0 Å². The van der Waals surface area contributed by atoms with Gasteiger partial charge in [0, 0.05) is 4.68 Å². The molecule has 13 heteroatoms. The van der Waals surface area contributed by atoms with Crippen molar-refractivity contribution in [2.24, 2.45) is 5.28 Å². The fourth-order valence-electron chi connectivity index (χ4n) is 1.23. The Morgan fingerprint density at radius 2 is 1.90 bits per heavy atom. The summed E-state index contributed by atoms with van der Waals surface area (Å²) in [5.41, 5.74) is -0.213. The fraction of sp³-hybridized carbons (Fsp3) is 0.571. The quantitative estimate of drug-likeness (QED) is 0.314. The van der Waals surface area contributed by atoms with Gasteiger partial charge in [0.1, 0.15) is 5.56 Å². The van der Waals surface area contributed by atoms with Crippen LogP contribution in [-0.2, 0) is 11.6 Å². The summed E-state index contributed by atoms with van der Waals surface area (Å²) in [4.78, 5) is 24.4. The van der Waals surface area contributed by atoms with E-state index in [1.807, 2.05) is 0 Å². The van der Waals surface area contributed by atoms with Crippen LogP contribution in [0.5, 0.6) is 0 Å². The van der Waals surface area contributed by atoms with E-state index in [2.05, 4.69) is 15.2 Å². The summed E-state index contributed by atoms with van der Waals surface area (Å²) in [7, 11) is 2.79. The summed E-state index contributed by atoms with van der Waals surface area (Å²) in [6.07, 6.45) is 0. The smallest absolute Gasteiger partial charge is 0.423 e. The van der Waals surface area contributed by atoms with Gasteiger partial charge in [-0.3, -0.25) is 4.84 Å². The Balaban J connectivity index is 3.01. The molecule has 20 heavy (non-hydrogen) atoms. The van der Waals surface area contributed by atoms with Gasteiger partial charge in [0.15, 0.2) is 5.10 Å². The Bertz CT molecular complexity index is 564. The van der Waals surface area contributed by atoms with Gasteiger partial charge >= 0.3 is 18.4 Å². The van der Waals surface area contributed by atoms with E-state index in [-0.39, 0.29) is 10.5 Å². The summed E-state index contributed by atoms with van der Waals surface area (Å²) in [5, 5.41) is 40.0. The van der Waals surface area contributed by atoms with Crippen molar-refractivity contribution in [3.63, 3.8) is 0 Å². The molecular weight excluding hydrogens is 278 g/mol. The number of hydrazine groups is 1. The normalized spacial score (nSPS) is 11.2. The van der Waals surface area contributed by atoms with Crippen LogP contribution >= 0.6 is 0 Å². The Labute approximate surface area is 111 Å². The third kappa shape index (κ3) is 3.06. The first-order valence-electron chi connectivity index (χ1n) is 5.09. The summed E-state index contributed by atoms with van der Waals surface area (Å²) in [5.74, 6) is -1.26. The topological polar surface area (TPSA) is 155 Å². The zero-order chi connectivity index (χ0) is 15.4. The van der Waals surface area contributed by atoms with Crippen LogP contribution in [0.1, 0.15) is 5.56 Å². The van der Waals surface area contributed by atoms with E-state index in [1.54, 1.807) is 0 Å². The third-order valence-corrected chi connectivity index (χ3v) is 2.13. The minimum Gasteiger partial charge on any atom is -0.569 e. The molecule has 1 aromatic heterocycles. The predicted octanol–water partition coefficient (Wildman–Crippen LogP) is 0.336. The maximum atomic E-state index is 11.0. The van der Waals surface area contributed by atoms with Crippen molar-refractivity contribution in [2.45, 2.75) is 13.7 Å². The molecule has 0 aliphatic heterocycles. The van der Waals surface area contributed by atoms with Gasteiger partial charge in [-0.1, -0.05) is 0 Å². The maximum Gasteiger partial charge on any atom is 0.423 e. The molecule has 0 saturated carbocycles. The highest BCUT2D eigenvalue weighted by molar-refractivity contribution is 5.44. The molecule has 0 atom stereocenters. The summed E-state index contributed by atoms with van der Waals surface area (Å²) >= 11 is 0. The lowest BCUT2D eigenvalue weighted by Crippen LogP contribution is -2.21. The molecule has 0 radical (unpaired) electrons. The van der Waals surface area contributed by atoms with E-state index in [0.717, 1.165) is 5.01 Å². The fourth-order valence-corrected chi connectivity index (χ4v) is 1.23. The molecule has 0 aliphatic carbocycles. The molecule has 13 nitrogen and oxygen atoms in total. The second-order valence-corrected chi connectivity index (χ2v) is 3.73. The van der Waals surface area contributed by atoms with E-state index < -0.39 is 28.2 Å². The third-order valence-electron chi connectivity index (χ3n) is 2.13. The van der Waals surface area contributed by atoms with Gasteiger partial charge in [-0.2, -0.15) is 5.01 Å². The second-order valence-electron chi connectivity index (χ2n) is 3.73. The van der Waals surface area contributed by atoms with Crippen LogP contribution < -0.4 is 0 Å². The monoisotopic (exact) mass is 289 g/mol. The molecule has 0 N–H and O–H groups in total. The molecule has 0 spiro atoms. The van der Waals surface area contributed by atoms with Crippen molar-refractivity contribution in [3.8, 4) is 0 Å². The van der Waals surface area contributed by atoms with Gasteiger partial charge in [-0.25, -0.2) is 0 Å². The number of nitro groups is 2. The van der Waals surface area contributed by atoms with Crippen LogP contribution in [0.4, 0.5) is 11.6 Å². The zero-order valence-electron chi connectivity index (χ0n) is 10.8. The largest absolute Gasteiger partial charge is 0.569 e. The van der Waals surface area contributed by atoms with Gasteiger partial charge in [0.2, 0.25) is 5.28 Å². The minimum atomic E-state index is -0.851. The van der Waals surface area contributed by atoms with Crippen LogP contribution in [0.3, 0.4) is 0 Å². The highest BCUT2D eigenvalue weighted by Crippen LogP contribution is 2.26. The van der Waals surface area contributed by atoms with E-state index >= 15 is 0 Å². The molecule has 0 aromatic carbocycles. The molecule has 1 heterocycles. The van der Waals surface area contributed by atoms with E-state index in [0.29, 0.717) is 4.68 Å². The van der Waals surface area contributed by atoms with Crippen LogP contribution in [-0.4, -0.2) is 43.7 Å². The number of hydrogen-bond donors (Lipinski definition) is 0. The molecular formula is C7H11N7O6. The zero-order valence-corrected chi connectivity index (χ0v) is 10.8. The Kier molecular flexibility index (Phi) is 4.34. The van der Waals surface area contributed by atoms with Crippen LogP contribution in [0.25, 0.3) is 0 Å². The lowest BCUT2D eigenvalue weighted by Gasteiger charge is -2.04. The number of rotatable bonds is 6. The number of aromatic nitrogens is 2. The standard InChI is InChI=1S/C7H11N7O6/c1-5-6(12(15)16)8-11(7(5)13(17)18)4-20-9-14(19)10(2)3/h4H2,1-3H3. The van der Waals surface area contributed by atoms with Crippen molar-refractivity contribution < 1.29 is 19.7 Å². The average Bonchev–Trinajstić information content (AvgIpc) is 2.66. The Morgan fingerprint density at radius 1 is 1.30 bits per heavy atom. The summed E-state index contributed by atoms with van der Waals surface area (Å²) < 4.78 is 0.639. The second kappa shape index (κ2) is 5.77. The first-order valence-corrected chi connectivity index (χ1v) is 5.09. The van der Waals surface area contributed by atoms with Gasteiger partial charge in [-0.15, -0.1) is 0 Å². The van der Waals surface area contributed by atoms with Crippen LogP contribution in [0, 0.1) is 32.4 Å².